The van der Waals surface area contributed by atoms with Crippen LogP contribution in [0.15, 0.2) is 79.1 Å². The summed E-state index contributed by atoms with van der Waals surface area (Å²) in [5.74, 6) is -0.150. The van der Waals surface area contributed by atoms with E-state index in [1.165, 1.54) is 6.92 Å². The van der Waals surface area contributed by atoms with E-state index in [9.17, 15) is 24.4 Å². The molecule has 0 bridgehead atoms. The monoisotopic (exact) mass is 559 g/mol. The van der Waals surface area contributed by atoms with Crippen LogP contribution in [0.25, 0.3) is 33.3 Å². The number of likely N-dealkylation sites (N-methyl/N-ethyl adjacent to an activating group) is 2. The summed E-state index contributed by atoms with van der Waals surface area (Å²) in [5, 5.41) is 10.1. The van der Waals surface area contributed by atoms with Crippen LogP contribution in [-0.2, 0) is 13.9 Å². The van der Waals surface area contributed by atoms with Crippen LogP contribution in [0.5, 0.6) is 0 Å². The molecule has 4 aromatic rings. The van der Waals surface area contributed by atoms with Gasteiger partial charge >= 0.3 is 7.82 Å². The molecule has 4 rings (SSSR count). The summed E-state index contributed by atoms with van der Waals surface area (Å²) in [6, 6.07) is 18.7. The molecule has 1 unspecified atom stereocenters. The molecule has 0 aliphatic heterocycles. The second-order valence-corrected chi connectivity index (χ2v) is 10.7. The molecular weight excluding hydrogens is 529 g/mol. The molecule has 2 aromatic carbocycles. The molecule has 206 valence electrons. The standard InChI is InChI=1S/C29H30N5O5P/c1-20(39-40(36,37)38)34-19-27(23-10-5-8-21(14-23)17-30)26-16-24(18-31-29(26)34)22-9-6-11-25(15-22)33(4)28(35)12-7-13-32(2)3/h5-12,14-16,18-20H,13H2,1-4H3,(H2,36,37,38)/b12-7+. The van der Waals surface area contributed by atoms with Gasteiger partial charge in [0.25, 0.3) is 0 Å². The Morgan fingerprint density at radius 1 is 1.12 bits per heavy atom. The third-order valence-corrected chi connectivity index (χ3v) is 6.86. The number of carbonyl (C=O) groups is 1. The van der Waals surface area contributed by atoms with E-state index in [4.69, 9.17) is 4.52 Å². The molecule has 11 heteroatoms. The van der Waals surface area contributed by atoms with Crippen LogP contribution in [0.1, 0.15) is 18.7 Å². The van der Waals surface area contributed by atoms with Gasteiger partial charge in [0.15, 0.2) is 0 Å². The lowest BCUT2D eigenvalue weighted by Crippen LogP contribution is -2.24. The molecule has 1 atom stereocenters. The van der Waals surface area contributed by atoms with Crippen LogP contribution in [0.2, 0.25) is 0 Å². The highest BCUT2D eigenvalue weighted by molar-refractivity contribution is 7.46. The number of aromatic nitrogens is 2. The van der Waals surface area contributed by atoms with Gasteiger partial charge in [0.1, 0.15) is 11.9 Å². The van der Waals surface area contributed by atoms with E-state index in [0.717, 1.165) is 22.3 Å². The van der Waals surface area contributed by atoms with E-state index >= 15 is 0 Å². The summed E-state index contributed by atoms with van der Waals surface area (Å²) < 4.78 is 18.0. The number of pyridine rings is 1. The van der Waals surface area contributed by atoms with E-state index in [0.29, 0.717) is 28.8 Å². The first kappa shape index (κ1) is 28.9. The number of hydrogen-bond donors (Lipinski definition) is 2. The van der Waals surface area contributed by atoms with Crippen LogP contribution in [0.4, 0.5) is 5.69 Å². The number of amides is 1. The van der Waals surface area contributed by atoms with Crippen molar-refractivity contribution in [3.05, 3.63) is 84.7 Å². The Kier molecular flexibility index (Phi) is 8.64. The van der Waals surface area contributed by atoms with Crippen molar-refractivity contribution < 1.29 is 23.7 Å². The van der Waals surface area contributed by atoms with Gasteiger partial charge in [0.05, 0.1) is 11.6 Å². The second-order valence-electron chi connectivity index (χ2n) is 9.55. The molecule has 0 saturated heterocycles. The zero-order chi connectivity index (χ0) is 29.0. The zero-order valence-electron chi connectivity index (χ0n) is 22.6. The summed E-state index contributed by atoms with van der Waals surface area (Å²) in [6.07, 6.45) is 5.71. The summed E-state index contributed by atoms with van der Waals surface area (Å²) in [7, 11) is 0.807. The molecule has 0 aliphatic carbocycles. The van der Waals surface area contributed by atoms with Crippen molar-refractivity contribution in [2.75, 3.05) is 32.6 Å². The number of nitriles is 1. The lowest BCUT2D eigenvalue weighted by Gasteiger charge is -2.17. The number of phosphoric acid groups is 1. The number of anilines is 1. The average Bonchev–Trinajstić information content (AvgIpc) is 3.31. The van der Waals surface area contributed by atoms with Crippen molar-refractivity contribution >= 4 is 30.5 Å². The Bertz CT molecular complexity index is 1670. The van der Waals surface area contributed by atoms with Gasteiger partial charge in [-0.2, -0.15) is 5.26 Å². The zero-order valence-corrected chi connectivity index (χ0v) is 23.5. The highest BCUT2D eigenvalue weighted by atomic mass is 31.2. The molecule has 0 radical (unpaired) electrons. The number of phosphoric ester groups is 1. The van der Waals surface area contributed by atoms with Gasteiger partial charge in [0, 0.05) is 54.3 Å². The quantitative estimate of drug-likeness (QED) is 0.218. The number of nitrogens with zero attached hydrogens (tertiary/aromatic N) is 5. The fourth-order valence-electron chi connectivity index (χ4n) is 4.30. The van der Waals surface area contributed by atoms with Gasteiger partial charge in [-0.1, -0.05) is 30.3 Å². The predicted molar refractivity (Wildman–Crippen MR) is 154 cm³/mol. The summed E-state index contributed by atoms with van der Waals surface area (Å²) in [5.41, 5.74) is 4.70. The van der Waals surface area contributed by atoms with Gasteiger partial charge in [-0.25, -0.2) is 9.55 Å². The largest absolute Gasteiger partial charge is 0.471 e. The van der Waals surface area contributed by atoms with E-state index in [-0.39, 0.29) is 5.91 Å². The normalized spacial score (nSPS) is 12.7. The molecule has 0 saturated carbocycles. The maximum atomic E-state index is 12.7. The maximum Gasteiger partial charge on any atom is 0.471 e. The van der Waals surface area contributed by atoms with Crippen LogP contribution >= 0.6 is 7.82 Å². The van der Waals surface area contributed by atoms with Crippen LogP contribution in [0.3, 0.4) is 0 Å². The molecule has 2 aromatic heterocycles. The first-order chi connectivity index (χ1) is 19.0. The van der Waals surface area contributed by atoms with Crippen molar-refractivity contribution in [3.8, 4) is 28.3 Å². The summed E-state index contributed by atoms with van der Waals surface area (Å²) in [4.78, 5) is 39.6. The van der Waals surface area contributed by atoms with Crippen LogP contribution in [0, 0.1) is 11.3 Å². The highest BCUT2D eigenvalue weighted by Crippen LogP contribution is 2.42. The summed E-state index contributed by atoms with van der Waals surface area (Å²) in [6.45, 7) is 2.18. The number of carbonyl (C=O) groups excluding carboxylic acids is 1. The van der Waals surface area contributed by atoms with Crippen molar-refractivity contribution in [1.82, 2.24) is 14.5 Å². The minimum atomic E-state index is -4.76. The molecule has 2 heterocycles. The first-order valence-corrected chi connectivity index (χ1v) is 13.9. The smallest absolute Gasteiger partial charge is 0.312 e. The SMILES string of the molecule is CC(OP(=O)(O)O)n1cc(-c2cccc(C#N)c2)c2cc(-c3cccc(N(C)C(=O)/C=C/CN(C)C)c3)cnc21. The molecule has 0 aliphatic rings. The van der Waals surface area contributed by atoms with E-state index in [2.05, 4.69) is 11.1 Å². The van der Waals surface area contributed by atoms with Crippen LogP contribution < -0.4 is 4.90 Å². The molecule has 40 heavy (non-hydrogen) atoms. The van der Waals surface area contributed by atoms with E-state index < -0.39 is 14.1 Å². The Balaban J connectivity index is 1.78. The van der Waals surface area contributed by atoms with E-state index in [1.807, 2.05) is 61.5 Å². The minimum Gasteiger partial charge on any atom is -0.312 e. The molecular formula is C29H30N5O5P. The Morgan fingerprint density at radius 2 is 1.85 bits per heavy atom. The molecule has 2 N–H and O–H groups in total. The molecule has 0 fully saturated rings. The lowest BCUT2D eigenvalue weighted by molar-refractivity contribution is -0.113. The lowest BCUT2D eigenvalue weighted by atomic mass is 10.0. The highest BCUT2D eigenvalue weighted by Gasteiger charge is 2.23. The molecule has 1 amide bonds. The number of hydrogen-bond acceptors (Lipinski definition) is 6. The number of benzene rings is 2. The van der Waals surface area contributed by atoms with Gasteiger partial charge in [0.2, 0.25) is 5.91 Å². The van der Waals surface area contributed by atoms with Crippen molar-refractivity contribution in [3.63, 3.8) is 0 Å². The Labute approximate surface area is 232 Å². The predicted octanol–water partition coefficient (Wildman–Crippen LogP) is 4.95. The van der Waals surface area contributed by atoms with Gasteiger partial charge < -0.3 is 24.2 Å². The summed E-state index contributed by atoms with van der Waals surface area (Å²) >= 11 is 0. The van der Waals surface area contributed by atoms with Gasteiger partial charge in [-0.3, -0.25) is 9.32 Å². The molecule has 0 spiro atoms. The number of rotatable bonds is 9. The Morgan fingerprint density at radius 3 is 2.55 bits per heavy atom. The maximum absolute atomic E-state index is 12.7. The van der Waals surface area contributed by atoms with Crippen LogP contribution in [-0.4, -0.2) is 57.8 Å². The first-order valence-electron chi connectivity index (χ1n) is 12.4. The third kappa shape index (κ3) is 6.72. The minimum absolute atomic E-state index is 0.150. The van der Waals surface area contributed by atoms with Gasteiger partial charge in [-0.15, -0.1) is 0 Å². The topological polar surface area (TPSA) is 132 Å². The van der Waals surface area contributed by atoms with Gasteiger partial charge in [-0.05, 0) is 62.5 Å². The number of fused-ring (bicyclic) bond motifs is 1. The van der Waals surface area contributed by atoms with Crippen molar-refractivity contribution in [1.29, 1.82) is 5.26 Å². The fourth-order valence-corrected chi connectivity index (χ4v) is 4.80. The third-order valence-electron chi connectivity index (χ3n) is 6.28. The average molecular weight is 560 g/mol. The van der Waals surface area contributed by atoms with Crippen molar-refractivity contribution in [2.24, 2.45) is 0 Å². The van der Waals surface area contributed by atoms with E-state index in [1.54, 1.807) is 53.2 Å². The fraction of sp³-hybridized carbons (Fsp3) is 0.207. The molecule has 10 nitrogen and oxygen atoms in total. The Hall–Kier alpha value is -4.10. The van der Waals surface area contributed by atoms with Crippen molar-refractivity contribution in [2.45, 2.75) is 13.2 Å². The second kappa shape index (κ2) is 12.0.